The van der Waals surface area contributed by atoms with Crippen LogP contribution in [0.25, 0.3) is 5.69 Å². The van der Waals surface area contributed by atoms with Gasteiger partial charge in [-0.25, -0.2) is 9.36 Å². The molecule has 2 aromatic rings. The van der Waals surface area contributed by atoms with Crippen LogP contribution in [0.3, 0.4) is 0 Å². The van der Waals surface area contributed by atoms with Crippen LogP contribution in [-0.2, 0) is 11.4 Å². The summed E-state index contributed by atoms with van der Waals surface area (Å²) < 4.78 is 8.89. The topological polar surface area (TPSA) is 79.6 Å². The number of nitrogens with one attached hydrogen (secondary N) is 1. The number of aromatic nitrogens is 2. The van der Waals surface area contributed by atoms with Crippen molar-refractivity contribution in [2.75, 3.05) is 0 Å². The Labute approximate surface area is 129 Å². The quantitative estimate of drug-likeness (QED) is 0.685. The van der Waals surface area contributed by atoms with E-state index in [1.54, 1.807) is 0 Å². The first-order chi connectivity index (χ1) is 9.49. The van der Waals surface area contributed by atoms with E-state index in [9.17, 15) is 9.59 Å². The maximum absolute atomic E-state index is 12.0. The molecular weight excluding hydrogens is 347 g/mol. The van der Waals surface area contributed by atoms with E-state index < -0.39 is 11.2 Å². The monoisotopic (exact) mass is 348 g/mol. The standard InChI is InChI=1S/C10H3Cl3N4O2S/c11-3-1-4(12)9(8-7(3)15-20-16-8)17-6(18)2-5(13)14-10(17)19/h1-2H,(H,14,19). The number of rotatable bonds is 1. The zero-order valence-corrected chi connectivity index (χ0v) is 12.4. The highest BCUT2D eigenvalue weighted by Crippen LogP contribution is 2.45. The molecule has 0 saturated heterocycles. The molecule has 2 heterocycles. The molecule has 1 aliphatic rings. The molecule has 1 aromatic carbocycles. The predicted molar refractivity (Wildman–Crippen MR) is 79.2 cm³/mol. The molecule has 0 bridgehead atoms. The molecule has 1 aliphatic heterocycles. The summed E-state index contributed by atoms with van der Waals surface area (Å²) in [5.74, 6) is 0. The predicted octanol–water partition coefficient (Wildman–Crippen LogP) is 3.21. The van der Waals surface area contributed by atoms with Crippen LogP contribution in [0.5, 0.6) is 0 Å². The number of hydrogen-bond donors (Lipinski definition) is 1. The first-order valence-corrected chi connectivity index (χ1v) is 6.98. The van der Waals surface area contributed by atoms with Gasteiger partial charge in [-0.15, -0.1) is 0 Å². The summed E-state index contributed by atoms with van der Waals surface area (Å²) >= 11 is 18.6. The average Bonchev–Trinajstić information content (AvgIpc) is 2.81. The van der Waals surface area contributed by atoms with E-state index in [0.717, 1.165) is 22.0 Å². The molecule has 3 rings (SSSR count). The Hall–Kier alpha value is -1.41. The molecule has 1 N–H and O–H groups in total. The lowest BCUT2D eigenvalue weighted by atomic mass is 10.2. The summed E-state index contributed by atoms with van der Waals surface area (Å²) in [6.45, 7) is 0. The normalized spacial score (nSPS) is 12.3. The van der Waals surface area contributed by atoms with Crippen molar-refractivity contribution >= 4 is 57.5 Å². The number of benzene rings is 1. The zero-order valence-electron chi connectivity index (χ0n) is 9.35. The Morgan fingerprint density at radius 1 is 1.05 bits per heavy atom. The van der Waals surface area contributed by atoms with Crippen molar-refractivity contribution in [3.8, 4) is 5.69 Å². The Morgan fingerprint density at radius 2 is 1.75 bits per heavy atom. The highest BCUT2D eigenvalue weighted by molar-refractivity contribution is 7.58. The van der Waals surface area contributed by atoms with E-state index in [0.29, 0.717) is 10.7 Å². The van der Waals surface area contributed by atoms with Crippen molar-refractivity contribution in [2.45, 2.75) is 0 Å². The van der Waals surface area contributed by atoms with Crippen molar-refractivity contribution in [2.24, 2.45) is 8.73 Å². The van der Waals surface area contributed by atoms with Crippen molar-refractivity contribution in [1.82, 2.24) is 9.55 Å². The number of nitrogens with zero attached hydrogens (tertiary/aromatic N) is 3. The van der Waals surface area contributed by atoms with E-state index in [2.05, 4.69) is 13.7 Å². The SMILES string of the molecule is O=c1cc(Cl)[nH]c(=O)n1-c1c(Cl)cc(Cl)c2c1N=S=N2. The second-order valence-electron chi connectivity index (χ2n) is 3.75. The highest BCUT2D eigenvalue weighted by Gasteiger charge is 2.22. The third-order valence-electron chi connectivity index (χ3n) is 2.54. The molecule has 0 spiro atoms. The largest absolute Gasteiger partial charge is 0.334 e. The van der Waals surface area contributed by atoms with Gasteiger partial charge in [0, 0.05) is 6.07 Å². The second-order valence-corrected chi connectivity index (χ2v) is 5.50. The van der Waals surface area contributed by atoms with Crippen molar-refractivity contribution in [3.63, 3.8) is 0 Å². The fourth-order valence-corrected chi connectivity index (χ4v) is 3.12. The van der Waals surface area contributed by atoms with Gasteiger partial charge in [-0.05, 0) is 6.07 Å². The van der Waals surface area contributed by atoms with Crippen molar-refractivity contribution in [3.05, 3.63) is 48.2 Å². The van der Waals surface area contributed by atoms with Crippen LogP contribution in [0.4, 0.5) is 11.4 Å². The summed E-state index contributed by atoms with van der Waals surface area (Å²) in [6, 6.07) is 2.47. The Morgan fingerprint density at radius 3 is 2.45 bits per heavy atom. The molecule has 0 unspecified atom stereocenters. The van der Waals surface area contributed by atoms with Crippen molar-refractivity contribution in [1.29, 1.82) is 0 Å². The van der Waals surface area contributed by atoms with Gasteiger partial charge in [0.25, 0.3) is 5.56 Å². The molecule has 0 radical (unpaired) electrons. The molecule has 0 saturated carbocycles. The third kappa shape index (κ3) is 2.03. The first kappa shape index (κ1) is 13.6. The number of hydrogen-bond acceptors (Lipinski definition) is 4. The second kappa shape index (κ2) is 4.85. The first-order valence-electron chi connectivity index (χ1n) is 5.11. The molecule has 20 heavy (non-hydrogen) atoms. The van der Waals surface area contributed by atoms with Crippen LogP contribution in [0.15, 0.2) is 30.4 Å². The summed E-state index contributed by atoms with van der Waals surface area (Å²) in [7, 11) is 0. The molecule has 1 aromatic heterocycles. The number of halogens is 3. The zero-order chi connectivity index (χ0) is 14.4. The van der Waals surface area contributed by atoms with Crippen LogP contribution >= 0.6 is 34.8 Å². The molecule has 10 heteroatoms. The van der Waals surface area contributed by atoms with Crippen molar-refractivity contribution < 1.29 is 0 Å². The van der Waals surface area contributed by atoms with Gasteiger partial charge in [-0.2, -0.15) is 8.73 Å². The maximum Gasteiger partial charge on any atom is 0.334 e. The lowest BCUT2D eigenvalue weighted by Gasteiger charge is -2.10. The Kier molecular flexibility index (Phi) is 3.29. The minimum Gasteiger partial charge on any atom is -0.297 e. The fourth-order valence-electron chi connectivity index (χ4n) is 1.75. The summed E-state index contributed by atoms with van der Waals surface area (Å²) in [4.78, 5) is 26.2. The van der Waals surface area contributed by atoms with E-state index >= 15 is 0 Å². The van der Waals surface area contributed by atoms with Gasteiger partial charge in [-0.3, -0.25) is 9.78 Å². The van der Waals surface area contributed by atoms with Gasteiger partial charge in [0.1, 0.15) is 22.2 Å². The molecule has 0 amide bonds. The van der Waals surface area contributed by atoms with Crippen LogP contribution in [-0.4, -0.2) is 9.55 Å². The van der Waals surface area contributed by atoms with Crippen LogP contribution < -0.4 is 11.2 Å². The van der Waals surface area contributed by atoms with E-state index in [1.165, 1.54) is 6.07 Å². The number of H-pyrrole nitrogens is 1. The lowest BCUT2D eigenvalue weighted by Crippen LogP contribution is -2.33. The van der Waals surface area contributed by atoms with E-state index in [4.69, 9.17) is 34.8 Å². The molecule has 0 atom stereocenters. The van der Waals surface area contributed by atoms with Crippen LogP contribution in [0, 0.1) is 0 Å². The summed E-state index contributed by atoms with van der Waals surface area (Å²) in [5.41, 5.74) is -0.569. The lowest BCUT2D eigenvalue weighted by molar-refractivity contribution is 0.877. The average molecular weight is 350 g/mol. The van der Waals surface area contributed by atoms with Gasteiger partial charge < -0.3 is 0 Å². The Balaban J connectivity index is 2.45. The molecule has 102 valence electrons. The van der Waals surface area contributed by atoms with Gasteiger partial charge in [-0.1, -0.05) is 34.8 Å². The van der Waals surface area contributed by atoms with E-state index in [1.807, 2.05) is 0 Å². The van der Waals surface area contributed by atoms with Crippen LogP contribution in [0.2, 0.25) is 15.2 Å². The highest BCUT2D eigenvalue weighted by atomic mass is 35.5. The Bertz CT molecular complexity index is 896. The fraction of sp³-hybridized carbons (Fsp3) is 0. The van der Waals surface area contributed by atoms with Gasteiger partial charge in [0.2, 0.25) is 0 Å². The van der Waals surface area contributed by atoms with Gasteiger partial charge in [0.05, 0.1) is 21.4 Å². The number of fused-ring (bicyclic) bond motifs is 1. The summed E-state index contributed by atoms with van der Waals surface area (Å²) in [6.07, 6.45) is 0. The molecule has 6 nitrogen and oxygen atoms in total. The third-order valence-corrected chi connectivity index (χ3v) is 3.85. The summed E-state index contributed by atoms with van der Waals surface area (Å²) in [5, 5.41) is 0.347. The van der Waals surface area contributed by atoms with Gasteiger partial charge in [0.15, 0.2) is 0 Å². The smallest absolute Gasteiger partial charge is 0.297 e. The minimum absolute atomic E-state index is 0.0611. The number of aromatic amines is 1. The molecular formula is C10H3Cl3N4O2S. The minimum atomic E-state index is -0.721. The van der Waals surface area contributed by atoms with E-state index in [-0.39, 0.29) is 21.6 Å². The molecule has 0 aliphatic carbocycles. The van der Waals surface area contributed by atoms with Gasteiger partial charge >= 0.3 is 5.69 Å². The maximum atomic E-state index is 12.0. The molecule has 0 fully saturated rings. The van der Waals surface area contributed by atoms with Crippen LogP contribution in [0.1, 0.15) is 0 Å².